The lowest BCUT2D eigenvalue weighted by Crippen LogP contribution is -2.47. The van der Waals surface area contributed by atoms with Crippen LogP contribution in [0.15, 0.2) is 42.0 Å². The van der Waals surface area contributed by atoms with Gasteiger partial charge >= 0.3 is 18.0 Å². The quantitative estimate of drug-likeness (QED) is 0.0532. The molecule has 0 aliphatic heterocycles. The SMILES string of the molecule is C=CCOC(=O)NC(C(=O)Oc1c(C/C=C(\C)CCC=C(C)C)c(O[Si](C)(C)C(C)(C)C)cc(CCCCC)c1C(=O)O)C(C)C. The molecule has 0 aliphatic carbocycles. The number of ether oxygens (including phenoxy) is 2. The van der Waals surface area contributed by atoms with Gasteiger partial charge in [0, 0.05) is 5.56 Å². The Bertz CT molecular complexity index is 1270. The number of carbonyl (C=O) groups excluding carboxylic acids is 2. The van der Waals surface area contributed by atoms with Gasteiger partial charge in [-0.3, -0.25) is 0 Å². The number of esters is 1. The number of aromatic carboxylic acids is 1. The van der Waals surface area contributed by atoms with E-state index in [9.17, 15) is 19.5 Å². The van der Waals surface area contributed by atoms with Crippen LogP contribution in [0.2, 0.25) is 18.1 Å². The number of amides is 1. The summed E-state index contributed by atoms with van der Waals surface area (Å²) >= 11 is 0. The zero-order valence-electron chi connectivity index (χ0n) is 30.2. The Labute approximate surface area is 278 Å². The number of carboxylic acid groups (broad SMARTS) is 1. The highest BCUT2D eigenvalue weighted by Gasteiger charge is 2.40. The molecule has 258 valence electrons. The maximum Gasteiger partial charge on any atom is 0.408 e. The van der Waals surface area contributed by atoms with Crippen molar-refractivity contribution in [1.29, 1.82) is 0 Å². The number of alkyl carbamates (subject to hydrolysis) is 1. The fraction of sp³-hybridized carbons (Fsp3) is 0.595. The zero-order valence-corrected chi connectivity index (χ0v) is 31.2. The molecule has 0 bridgehead atoms. The lowest BCUT2D eigenvalue weighted by molar-refractivity contribution is -0.137. The Morgan fingerprint density at radius 1 is 1.09 bits per heavy atom. The van der Waals surface area contributed by atoms with Crippen molar-refractivity contribution in [2.45, 2.75) is 131 Å². The van der Waals surface area contributed by atoms with E-state index < -0.39 is 32.4 Å². The molecule has 1 aromatic rings. The van der Waals surface area contributed by atoms with E-state index in [-0.39, 0.29) is 28.9 Å². The minimum absolute atomic E-state index is 0.0216. The van der Waals surface area contributed by atoms with E-state index >= 15 is 0 Å². The molecular formula is C37H59NO7Si. The number of hydrogen-bond acceptors (Lipinski definition) is 6. The highest BCUT2D eigenvalue weighted by atomic mass is 28.4. The summed E-state index contributed by atoms with van der Waals surface area (Å²) in [5, 5.41) is 13.0. The molecule has 8 nitrogen and oxygen atoms in total. The highest BCUT2D eigenvalue weighted by Crippen LogP contribution is 2.43. The summed E-state index contributed by atoms with van der Waals surface area (Å²) in [5.41, 5.74) is 3.40. The van der Waals surface area contributed by atoms with Gasteiger partial charge in [0.1, 0.15) is 24.0 Å². The Kier molecular flexibility index (Phi) is 16.6. The average Bonchev–Trinajstić information content (AvgIpc) is 2.93. The normalized spacial score (nSPS) is 12.7. The molecule has 0 aliphatic rings. The summed E-state index contributed by atoms with van der Waals surface area (Å²) in [6.45, 7) is 26.0. The molecule has 1 amide bonds. The Balaban J connectivity index is 3.97. The smallest absolute Gasteiger partial charge is 0.408 e. The number of hydrogen-bond donors (Lipinski definition) is 2. The van der Waals surface area contributed by atoms with Crippen molar-refractivity contribution in [2.75, 3.05) is 6.61 Å². The van der Waals surface area contributed by atoms with E-state index in [0.29, 0.717) is 29.7 Å². The molecule has 0 heterocycles. The Morgan fingerprint density at radius 3 is 2.26 bits per heavy atom. The third-order valence-corrected chi connectivity index (χ3v) is 12.7. The molecule has 0 radical (unpaired) electrons. The third kappa shape index (κ3) is 12.8. The predicted molar refractivity (Wildman–Crippen MR) is 190 cm³/mol. The lowest BCUT2D eigenvalue weighted by Gasteiger charge is -2.37. The maximum absolute atomic E-state index is 13.8. The standard InChI is InChI=1S/C37H59NO7Si/c1-13-15-16-20-28-24-30(45-46(11,12)37(8,9)10)29(22-21-27(7)19-17-18-25(3)4)33(31(28)34(39)40)44-35(41)32(26(5)6)38-36(42)43-23-14-2/h14,18,21,24,26,32H,2,13,15-17,19-20,22-23H2,1,3-12H3,(H,38,42)(H,39,40)/b27-21+. The first kappa shape index (κ1) is 40.7. The van der Waals surface area contributed by atoms with Gasteiger partial charge in [0.2, 0.25) is 8.32 Å². The van der Waals surface area contributed by atoms with Gasteiger partial charge in [-0.25, -0.2) is 14.4 Å². The Morgan fingerprint density at radius 2 is 1.74 bits per heavy atom. The molecule has 1 aromatic carbocycles. The molecule has 0 fully saturated rings. The average molecular weight is 658 g/mol. The zero-order chi connectivity index (χ0) is 35.2. The number of allylic oxidation sites excluding steroid dienone is 4. The number of carbonyl (C=O) groups is 3. The van der Waals surface area contributed by atoms with Crippen LogP contribution in [0.25, 0.3) is 0 Å². The first-order valence-corrected chi connectivity index (χ1v) is 19.4. The van der Waals surface area contributed by atoms with Gasteiger partial charge in [0.25, 0.3) is 0 Å². The molecule has 9 heteroatoms. The second kappa shape index (κ2) is 18.7. The summed E-state index contributed by atoms with van der Waals surface area (Å²) in [4.78, 5) is 39.2. The van der Waals surface area contributed by atoms with Crippen molar-refractivity contribution in [2.24, 2.45) is 5.92 Å². The van der Waals surface area contributed by atoms with E-state index in [2.05, 4.69) is 78.7 Å². The van der Waals surface area contributed by atoms with Crippen molar-refractivity contribution in [3.05, 3.63) is 58.7 Å². The summed E-state index contributed by atoms with van der Waals surface area (Å²) in [5.74, 6) is -1.81. The second-order valence-electron chi connectivity index (χ2n) is 14.1. The molecule has 1 rings (SSSR count). The second-order valence-corrected chi connectivity index (χ2v) is 18.8. The molecule has 0 saturated heterocycles. The van der Waals surface area contributed by atoms with E-state index in [0.717, 1.165) is 37.7 Å². The van der Waals surface area contributed by atoms with Crippen LogP contribution in [-0.4, -0.2) is 44.1 Å². The fourth-order valence-electron chi connectivity index (χ4n) is 4.48. The first-order valence-electron chi connectivity index (χ1n) is 16.5. The van der Waals surface area contributed by atoms with Crippen molar-refractivity contribution >= 4 is 26.3 Å². The van der Waals surface area contributed by atoms with Crippen LogP contribution >= 0.6 is 0 Å². The molecule has 1 unspecified atom stereocenters. The minimum atomic E-state index is -2.41. The van der Waals surface area contributed by atoms with Crippen LogP contribution in [0, 0.1) is 5.92 Å². The van der Waals surface area contributed by atoms with Crippen LogP contribution in [0.4, 0.5) is 4.79 Å². The number of benzene rings is 1. The van der Waals surface area contributed by atoms with E-state index in [4.69, 9.17) is 13.9 Å². The summed E-state index contributed by atoms with van der Waals surface area (Å²) in [6.07, 6.45) is 10.1. The first-order chi connectivity index (χ1) is 21.4. The Hall–Kier alpha value is -3.33. The van der Waals surface area contributed by atoms with Crippen molar-refractivity contribution < 1.29 is 33.4 Å². The number of carboxylic acids is 1. The van der Waals surface area contributed by atoms with Gasteiger partial charge in [0.05, 0.1) is 0 Å². The largest absolute Gasteiger partial charge is 0.543 e. The predicted octanol–water partition coefficient (Wildman–Crippen LogP) is 9.58. The molecule has 1 atom stereocenters. The number of unbranched alkanes of at least 4 members (excludes halogenated alkanes) is 2. The summed E-state index contributed by atoms with van der Waals surface area (Å²) < 4.78 is 18.0. The van der Waals surface area contributed by atoms with Crippen molar-refractivity contribution in [3.8, 4) is 11.5 Å². The van der Waals surface area contributed by atoms with Gasteiger partial charge in [-0.1, -0.05) is 90.3 Å². The minimum Gasteiger partial charge on any atom is -0.543 e. The summed E-state index contributed by atoms with van der Waals surface area (Å²) in [6, 6.07) is 0.769. The highest BCUT2D eigenvalue weighted by molar-refractivity contribution is 6.74. The van der Waals surface area contributed by atoms with Crippen LogP contribution in [-0.2, 0) is 22.4 Å². The fourth-order valence-corrected chi connectivity index (χ4v) is 5.52. The molecular weight excluding hydrogens is 598 g/mol. The van der Waals surface area contributed by atoms with Crippen LogP contribution < -0.4 is 14.5 Å². The van der Waals surface area contributed by atoms with Crippen LogP contribution in [0.3, 0.4) is 0 Å². The topological polar surface area (TPSA) is 111 Å². The molecule has 0 spiro atoms. The van der Waals surface area contributed by atoms with Gasteiger partial charge in [0.15, 0.2) is 5.75 Å². The number of aryl methyl sites for hydroxylation is 1. The third-order valence-electron chi connectivity index (χ3n) is 8.33. The van der Waals surface area contributed by atoms with Gasteiger partial charge in [-0.2, -0.15) is 0 Å². The number of nitrogens with one attached hydrogen (secondary N) is 1. The van der Waals surface area contributed by atoms with Crippen molar-refractivity contribution in [1.82, 2.24) is 5.32 Å². The molecule has 46 heavy (non-hydrogen) atoms. The van der Waals surface area contributed by atoms with Crippen LogP contribution in [0.1, 0.15) is 116 Å². The van der Waals surface area contributed by atoms with E-state index in [1.54, 1.807) is 13.8 Å². The maximum atomic E-state index is 13.8. The van der Waals surface area contributed by atoms with Gasteiger partial charge in [-0.05, 0) is 88.6 Å². The monoisotopic (exact) mass is 657 g/mol. The molecule has 0 saturated carbocycles. The number of rotatable bonds is 18. The molecule has 2 N–H and O–H groups in total. The van der Waals surface area contributed by atoms with E-state index in [1.807, 2.05) is 13.0 Å². The molecule has 0 aromatic heterocycles. The summed E-state index contributed by atoms with van der Waals surface area (Å²) in [7, 11) is -2.41. The van der Waals surface area contributed by atoms with Gasteiger partial charge in [-0.15, -0.1) is 0 Å². The van der Waals surface area contributed by atoms with E-state index in [1.165, 1.54) is 11.6 Å². The lowest BCUT2D eigenvalue weighted by atomic mass is 9.94. The van der Waals surface area contributed by atoms with Gasteiger partial charge < -0.3 is 24.3 Å². The van der Waals surface area contributed by atoms with Crippen LogP contribution in [0.5, 0.6) is 11.5 Å². The van der Waals surface area contributed by atoms with Crippen molar-refractivity contribution in [3.63, 3.8) is 0 Å².